The van der Waals surface area contributed by atoms with Gasteiger partial charge in [0.2, 0.25) is 0 Å². The third kappa shape index (κ3) is 2.48. The largest absolute Gasteiger partial charge is 0.0651 e. The molecule has 0 N–H and O–H groups in total. The van der Waals surface area contributed by atoms with Gasteiger partial charge in [-0.3, -0.25) is 0 Å². The van der Waals surface area contributed by atoms with Crippen LogP contribution < -0.4 is 0 Å². The van der Waals surface area contributed by atoms with Gasteiger partial charge in [0.05, 0.1) is 0 Å². The minimum absolute atomic E-state index is 0.601. The summed E-state index contributed by atoms with van der Waals surface area (Å²) in [4.78, 5) is 0. The van der Waals surface area contributed by atoms with Crippen LogP contribution in [0.4, 0.5) is 0 Å². The van der Waals surface area contributed by atoms with Gasteiger partial charge in [-0.05, 0) is 30.1 Å². The summed E-state index contributed by atoms with van der Waals surface area (Å²) < 4.78 is 0. The maximum absolute atomic E-state index is 2.43. The van der Waals surface area contributed by atoms with Crippen molar-refractivity contribution < 1.29 is 0 Å². The standard InChI is InChI=1S/C13H28/c1-7-11(5)13(9-3,10-4)12(6)8-2/h11-12H,7-10H2,1-6H3. The van der Waals surface area contributed by atoms with Crippen LogP contribution in [-0.2, 0) is 0 Å². The molecule has 0 heterocycles. The molecule has 80 valence electrons. The Bertz CT molecular complexity index is 110. The normalized spacial score (nSPS) is 17.1. The highest BCUT2D eigenvalue weighted by molar-refractivity contribution is 4.85. The lowest BCUT2D eigenvalue weighted by Crippen LogP contribution is -2.34. The maximum atomic E-state index is 2.43. The van der Waals surface area contributed by atoms with Crippen LogP contribution in [0.1, 0.15) is 67.2 Å². The van der Waals surface area contributed by atoms with Crippen molar-refractivity contribution in [3.8, 4) is 0 Å². The molecule has 0 fully saturated rings. The molecule has 0 radical (unpaired) electrons. The summed E-state index contributed by atoms with van der Waals surface area (Å²) >= 11 is 0. The second-order valence-electron chi connectivity index (χ2n) is 4.56. The van der Waals surface area contributed by atoms with Crippen molar-refractivity contribution in [2.24, 2.45) is 17.3 Å². The fraction of sp³-hybridized carbons (Fsp3) is 1.00. The van der Waals surface area contributed by atoms with Crippen molar-refractivity contribution in [3.63, 3.8) is 0 Å². The molecule has 13 heavy (non-hydrogen) atoms. The molecule has 0 aliphatic carbocycles. The monoisotopic (exact) mass is 184 g/mol. The van der Waals surface area contributed by atoms with Crippen LogP contribution in [0.5, 0.6) is 0 Å². The van der Waals surface area contributed by atoms with E-state index in [0.717, 1.165) is 11.8 Å². The molecular formula is C13H28. The van der Waals surface area contributed by atoms with Gasteiger partial charge in [0.25, 0.3) is 0 Å². The number of hydrogen-bond donors (Lipinski definition) is 0. The van der Waals surface area contributed by atoms with E-state index >= 15 is 0 Å². The van der Waals surface area contributed by atoms with Crippen LogP contribution in [0.25, 0.3) is 0 Å². The van der Waals surface area contributed by atoms with Crippen LogP contribution in [-0.4, -0.2) is 0 Å². The summed E-state index contributed by atoms with van der Waals surface area (Å²) in [6.45, 7) is 14.2. The van der Waals surface area contributed by atoms with E-state index in [2.05, 4.69) is 41.5 Å². The van der Waals surface area contributed by atoms with E-state index in [0.29, 0.717) is 5.41 Å². The van der Waals surface area contributed by atoms with Crippen LogP contribution >= 0.6 is 0 Å². The quantitative estimate of drug-likeness (QED) is 0.551. The molecule has 0 heteroatoms. The summed E-state index contributed by atoms with van der Waals surface area (Å²) in [7, 11) is 0. The first-order valence-corrected chi connectivity index (χ1v) is 6.08. The Kier molecular flexibility index (Phi) is 5.67. The van der Waals surface area contributed by atoms with Crippen LogP contribution in [0, 0.1) is 17.3 Å². The van der Waals surface area contributed by atoms with Gasteiger partial charge in [-0.1, -0.05) is 54.4 Å². The predicted octanol–water partition coefficient (Wildman–Crippen LogP) is 4.89. The van der Waals surface area contributed by atoms with Gasteiger partial charge in [-0.2, -0.15) is 0 Å². The molecule has 0 nitrogen and oxygen atoms in total. The van der Waals surface area contributed by atoms with Crippen molar-refractivity contribution in [2.75, 3.05) is 0 Å². The minimum atomic E-state index is 0.601. The zero-order chi connectivity index (χ0) is 10.5. The van der Waals surface area contributed by atoms with E-state index in [-0.39, 0.29) is 0 Å². The third-order valence-corrected chi connectivity index (χ3v) is 4.50. The van der Waals surface area contributed by atoms with Crippen molar-refractivity contribution in [2.45, 2.75) is 67.2 Å². The summed E-state index contributed by atoms with van der Waals surface area (Å²) in [5.41, 5.74) is 0.601. The molecule has 0 aromatic rings. The Balaban J connectivity index is 4.67. The SMILES string of the molecule is CCC(C)C(CC)(CC)C(C)CC. The first kappa shape index (κ1) is 13.0. The molecule has 0 aromatic carbocycles. The predicted molar refractivity (Wildman–Crippen MR) is 61.9 cm³/mol. The molecule has 0 saturated heterocycles. The Morgan fingerprint density at radius 2 is 1.08 bits per heavy atom. The van der Waals surface area contributed by atoms with Crippen molar-refractivity contribution in [3.05, 3.63) is 0 Å². The third-order valence-electron chi connectivity index (χ3n) is 4.50. The van der Waals surface area contributed by atoms with Gasteiger partial charge in [0.1, 0.15) is 0 Å². The Morgan fingerprint density at radius 1 is 0.769 bits per heavy atom. The topological polar surface area (TPSA) is 0 Å². The average Bonchev–Trinajstić information content (AvgIpc) is 2.19. The van der Waals surface area contributed by atoms with E-state index < -0.39 is 0 Å². The van der Waals surface area contributed by atoms with Crippen LogP contribution in [0.2, 0.25) is 0 Å². The van der Waals surface area contributed by atoms with E-state index in [1.54, 1.807) is 0 Å². The highest BCUT2D eigenvalue weighted by atomic mass is 14.4. The first-order valence-electron chi connectivity index (χ1n) is 6.08. The molecule has 0 spiro atoms. The van der Waals surface area contributed by atoms with Gasteiger partial charge >= 0.3 is 0 Å². The zero-order valence-electron chi connectivity index (χ0n) is 10.5. The minimum Gasteiger partial charge on any atom is -0.0651 e. The molecule has 0 aromatic heterocycles. The maximum Gasteiger partial charge on any atom is -0.0252 e. The van der Waals surface area contributed by atoms with Gasteiger partial charge in [0, 0.05) is 0 Å². The lowest BCUT2D eigenvalue weighted by molar-refractivity contribution is 0.0719. The van der Waals surface area contributed by atoms with Gasteiger partial charge in [-0.15, -0.1) is 0 Å². The van der Waals surface area contributed by atoms with Crippen LogP contribution in [0.3, 0.4) is 0 Å². The number of rotatable bonds is 6. The van der Waals surface area contributed by atoms with Gasteiger partial charge in [-0.25, -0.2) is 0 Å². The van der Waals surface area contributed by atoms with Crippen molar-refractivity contribution in [1.29, 1.82) is 0 Å². The van der Waals surface area contributed by atoms with E-state index in [1.807, 2.05) is 0 Å². The Morgan fingerprint density at radius 3 is 1.23 bits per heavy atom. The second-order valence-corrected chi connectivity index (χ2v) is 4.56. The summed E-state index contributed by atoms with van der Waals surface area (Å²) in [5, 5.41) is 0. The summed E-state index contributed by atoms with van der Waals surface area (Å²) in [6, 6.07) is 0. The van der Waals surface area contributed by atoms with Crippen LogP contribution in [0.15, 0.2) is 0 Å². The zero-order valence-corrected chi connectivity index (χ0v) is 10.5. The highest BCUT2D eigenvalue weighted by Gasteiger charge is 2.35. The fourth-order valence-corrected chi connectivity index (χ4v) is 2.94. The molecule has 0 bridgehead atoms. The van der Waals surface area contributed by atoms with Crippen molar-refractivity contribution >= 4 is 0 Å². The molecule has 2 atom stereocenters. The van der Waals surface area contributed by atoms with E-state index in [9.17, 15) is 0 Å². The smallest absolute Gasteiger partial charge is 0.0252 e. The van der Waals surface area contributed by atoms with Gasteiger partial charge < -0.3 is 0 Å². The molecular weight excluding hydrogens is 156 g/mol. The highest BCUT2D eigenvalue weighted by Crippen LogP contribution is 2.45. The molecule has 0 rings (SSSR count). The fourth-order valence-electron chi connectivity index (χ4n) is 2.94. The lowest BCUT2D eigenvalue weighted by Gasteiger charge is -2.43. The Hall–Kier alpha value is 0. The summed E-state index contributed by atoms with van der Waals surface area (Å²) in [6.07, 6.45) is 5.33. The molecule has 0 amide bonds. The number of hydrogen-bond acceptors (Lipinski definition) is 0. The molecule has 0 aliphatic heterocycles. The molecule has 0 aliphatic rings. The molecule has 2 unspecified atom stereocenters. The first-order chi connectivity index (χ1) is 6.08. The molecule has 0 saturated carbocycles. The average molecular weight is 184 g/mol. The Labute approximate surface area is 85.1 Å². The van der Waals surface area contributed by atoms with E-state index in [1.165, 1.54) is 25.7 Å². The lowest BCUT2D eigenvalue weighted by atomic mass is 9.63. The summed E-state index contributed by atoms with van der Waals surface area (Å²) in [5.74, 6) is 1.75. The van der Waals surface area contributed by atoms with E-state index in [4.69, 9.17) is 0 Å². The van der Waals surface area contributed by atoms with Crippen molar-refractivity contribution in [1.82, 2.24) is 0 Å². The van der Waals surface area contributed by atoms with Gasteiger partial charge in [0.15, 0.2) is 0 Å². The second kappa shape index (κ2) is 5.67.